The summed E-state index contributed by atoms with van der Waals surface area (Å²) in [5.41, 5.74) is 2.55. The van der Waals surface area contributed by atoms with Gasteiger partial charge in [-0.05, 0) is 18.1 Å². The molecule has 0 saturated carbocycles. The van der Waals surface area contributed by atoms with Gasteiger partial charge in [0.2, 0.25) is 11.8 Å². The molecule has 0 aliphatic carbocycles. The van der Waals surface area contributed by atoms with Crippen LogP contribution >= 0.6 is 0 Å². The first-order valence-electron chi connectivity index (χ1n) is 9.37. The summed E-state index contributed by atoms with van der Waals surface area (Å²) in [6.45, 7) is 1.79. The van der Waals surface area contributed by atoms with E-state index in [-0.39, 0.29) is 24.5 Å². The van der Waals surface area contributed by atoms with Gasteiger partial charge < -0.3 is 14.5 Å². The van der Waals surface area contributed by atoms with E-state index in [0.29, 0.717) is 5.56 Å². The van der Waals surface area contributed by atoms with Gasteiger partial charge in [-0.3, -0.25) is 10.1 Å². The van der Waals surface area contributed by atoms with Gasteiger partial charge in [0.1, 0.15) is 24.3 Å². The van der Waals surface area contributed by atoms with Gasteiger partial charge in [0.25, 0.3) is 0 Å². The van der Waals surface area contributed by atoms with Crippen LogP contribution in [0.3, 0.4) is 0 Å². The highest BCUT2D eigenvalue weighted by Crippen LogP contribution is 2.21. The Hall–Kier alpha value is -4.05. The zero-order valence-corrected chi connectivity index (χ0v) is 16.4. The smallest absolute Gasteiger partial charge is 0.408 e. The van der Waals surface area contributed by atoms with Gasteiger partial charge >= 0.3 is 6.09 Å². The molecule has 3 rings (SSSR count). The number of aryl methyl sites for hydroxylation is 1. The van der Waals surface area contributed by atoms with Crippen LogP contribution in [0.4, 0.5) is 10.7 Å². The number of alkyl carbamates (subject to hydrolysis) is 1. The van der Waals surface area contributed by atoms with Gasteiger partial charge in [-0.2, -0.15) is 5.26 Å². The maximum absolute atomic E-state index is 12.9. The minimum Gasteiger partial charge on any atom is -0.447 e. The van der Waals surface area contributed by atoms with Crippen molar-refractivity contribution >= 4 is 17.9 Å². The molecule has 7 heteroatoms. The second-order valence-electron chi connectivity index (χ2n) is 6.67. The molecule has 2 aromatic carbocycles. The summed E-state index contributed by atoms with van der Waals surface area (Å²) in [7, 11) is 0. The molecule has 30 heavy (non-hydrogen) atoms. The number of hydrogen-bond donors (Lipinski definition) is 2. The third kappa shape index (κ3) is 5.49. The van der Waals surface area contributed by atoms with Crippen LogP contribution in [0.15, 0.2) is 71.3 Å². The Morgan fingerprint density at radius 3 is 2.33 bits per heavy atom. The molecule has 2 N–H and O–H groups in total. The highest BCUT2D eigenvalue weighted by molar-refractivity contribution is 5.96. The van der Waals surface area contributed by atoms with Crippen molar-refractivity contribution in [2.45, 2.75) is 26.0 Å². The molecule has 152 valence electrons. The van der Waals surface area contributed by atoms with Crippen LogP contribution in [0, 0.1) is 18.3 Å². The summed E-state index contributed by atoms with van der Waals surface area (Å²) in [5, 5.41) is 14.4. The number of nitriles is 1. The van der Waals surface area contributed by atoms with Gasteiger partial charge in [0.05, 0.1) is 6.26 Å². The Morgan fingerprint density at radius 1 is 1.07 bits per heavy atom. The molecule has 0 aliphatic heterocycles. The van der Waals surface area contributed by atoms with Crippen molar-refractivity contribution in [2.75, 3.05) is 5.32 Å². The van der Waals surface area contributed by atoms with E-state index in [4.69, 9.17) is 9.15 Å². The van der Waals surface area contributed by atoms with E-state index < -0.39 is 18.0 Å². The predicted molar refractivity (Wildman–Crippen MR) is 110 cm³/mol. The number of hydrogen-bond acceptors (Lipinski definition) is 5. The van der Waals surface area contributed by atoms with Crippen molar-refractivity contribution in [1.82, 2.24) is 5.32 Å². The normalized spacial score (nSPS) is 11.2. The van der Waals surface area contributed by atoms with Gasteiger partial charge in [-0.25, -0.2) is 4.79 Å². The molecule has 0 radical (unpaired) electrons. The van der Waals surface area contributed by atoms with Gasteiger partial charge in [0, 0.05) is 12.0 Å². The minimum atomic E-state index is -0.923. The molecular weight excluding hydrogens is 382 g/mol. The van der Waals surface area contributed by atoms with E-state index in [0.717, 1.165) is 11.1 Å². The Balaban J connectivity index is 1.70. The first kappa shape index (κ1) is 20.7. The van der Waals surface area contributed by atoms with Gasteiger partial charge in [-0.1, -0.05) is 60.7 Å². The molecule has 2 amide bonds. The molecule has 7 nitrogen and oxygen atoms in total. The Morgan fingerprint density at radius 2 is 1.70 bits per heavy atom. The lowest BCUT2D eigenvalue weighted by atomic mass is 10.1. The van der Waals surface area contributed by atoms with Crippen molar-refractivity contribution < 1.29 is 18.7 Å². The van der Waals surface area contributed by atoms with E-state index in [2.05, 4.69) is 10.6 Å². The largest absolute Gasteiger partial charge is 0.447 e. The van der Waals surface area contributed by atoms with Crippen LogP contribution in [-0.4, -0.2) is 18.0 Å². The number of ether oxygens (including phenoxy) is 1. The first-order chi connectivity index (χ1) is 14.6. The summed E-state index contributed by atoms with van der Waals surface area (Å²) >= 11 is 0. The average Bonchev–Trinajstić information content (AvgIpc) is 3.12. The maximum atomic E-state index is 12.9. The topological polar surface area (TPSA) is 104 Å². The van der Waals surface area contributed by atoms with Crippen LogP contribution in [0.25, 0.3) is 0 Å². The molecule has 0 aliphatic rings. The number of carbonyl (C=O) groups excluding carboxylic acids is 2. The summed E-state index contributed by atoms with van der Waals surface area (Å²) in [4.78, 5) is 25.2. The molecule has 0 fully saturated rings. The van der Waals surface area contributed by atoms with E-state index in [1.165, 1.54) is 6.26 Å². The highest BCUT2D eigenvalue weighted by atomic mass is 16.5. The molecule has 0 bridgehead atoms. The molecule has 1 heterocycles. The number of furan rings is 1. The van der Waals surface area contributed by atoms with Crippen LogP contribution in [0.2, 0.25) is 0 Å². The van der Waals surface area contributed by atoms with Crippen LogP contribution in [0.1, 0.15) is 22.3 Å². The number of nitrogens with zero attached hydrogens (tertiary/aromatic N) is 1. The van der Waals surface area contributed by atoms with E-state index in [9.17, 15) is 14.9 Å². The first-order valence-corrected chi connectivity index (χ1v) is 9.37. The fourth-order valence-electron chi connectivity index (χ4n) is 2.84. The quantitative estimate of drug-likeness (QED) is 0.622. The number of rotatable bonds is 7. The maximum Gasteiger partial charge on any atom is 0.408 e. The third-order valence-corrected chi connectivity index (χ3v) is 4.43. The van der Waals surface area contributed by atoms with Crippen LogP contribution in [-0.2, 0) is 22.6 Å². The van der Waals surface area contributed by atoms with E-state index >= 15 is 0 Å². The van der Waals surface area contributed by atoms with Crippen molar-refractivity contribution in [3.05, 3.63) is 89.2 Å². The molecule has 3 aromatic rings. The lowest BCUT2D eigenvalue weighted by Crippen LogP contribution is -2.45. The fraction of sp³-hybridized carbons (Fsp3) is 0.174. The molecule has 0 unspecified atom stereocenters. The molecule has 0 saturated heterocycles. The standard InChI is InChI=1S/C23H21N3O4/c1-16-14-29-22(19(16)13-24)26-21(27)20(12-17-8-4-2-5-9-17)25-23(28)30-15-18-10-6-3-7-11-18/h2-11,14,20H,12,15H2,1H3,(H,25,28)(H,26,27)/t20-/m0/s1. The zero-order chi connectivity index (χ0) is 21.3. The minimum absolute atomic E-state index is 0.0533. The number of benzene rings is 2. The Kier molecular flexibility index (Phi) is 6.85. The number of carbonyl (C=O) groups is 2. The fourth-order valence-corrected chi connectivity index (χ4v) is 2.84. The molecular formula is C23H21N3O4. The lowest BCUT2D eigenvalue weighted by Gasteiger charge is -2.18. The highest BCUT2D eigenvalue weighted by Gasteiger charge is 2.24. The number of anilines is 1. The third-order valence-electron chi connectivity index (χ3n) is 4.43. The summed E-state index contributed by atoms with van der Waals surface area (Å²) in [5.74, 6) is -0.459. The zero-order valence-electron chi connectivity index (χ0n) is 16.4. The van der Waals surface area contributed by atoms with Crippen LogP contribution in [0.5, 0.6) is 0 Å². The van der Waals surface area contributed by atoms with Crippen LogP contribution < -0.4 is 10.6 Å². The summed E-state index contributed by atoms with van der Waals surface area (Å²) in [6, 6.07) is 19.6. The molecule has 0 spiro atoms. The SMILES string of the molecule is Cc1coc(NC(=O)[C@H](Cc2ccccc2)NC(=O)OCc2ccccc2)c1C#N. The van der Waals surface area contributed by atoms with Crippen molar-refractivity contribution in [3.63, 3.8) is 0 Å². The van der Waals surface area contributed by atoms with E-state index in [1.807, 2.05) is 66.7 Å². The summed E-state index contributed by atoms with van der Waals surface area (Å²) < 4.78 is 10.5. The lowest BCUT2D eigenvalue weighted by molar-refractivity contribution is -0.118. The monoisotopic (exact) mass is 403 g/mol. The van der Waals surface area contributed by atoms with Crippen molar-refractivity contribution in [3.8, 4) is 6.07 Å². The summed E-state index contributed by atoms with van der Waals surface area (Å²) in [6.07, 6.45) is 0.919. The Bertz CT molecular complexity index is 1040. The van der Waals surface area contributed by atoms with E-state index in [1.54, 1.807) is 6.92 Å². The number of amides is 2. The van der Waals surface area contributed by atoms with Gasteiger partial charge in [0.15, 0.2) is 0 Å². The molecule has 1 aromatic heterocycles. The van der Waals surface area contributed by atoms with Gasteiger partial charge in [-0.15, -0.1) is 0 Å². The average molecular weight is 403 g/mol. The predicted octanol–water partition coefficient (Wildman–Crippen LogP) is 3.94. The van der Waals surface area contributed by atoms with Crippen molar-refractivity contribution in [1.29, 1.82) is 5.26 Å². The van der Waals surface area contributed by atoms with Crippen molar-refractivity contribution in [2.24, 2.45) is 0 Å². The molecule has 1 atom stereocenters. The number of nitrogens with one attached hydrogen (secondary N) is 2. The Labute approximate surface area is 174 Å². The second kappa shape index (κ2) is 9.94. The second-order valence-corrected chi connectivity index (χ2v) is 6.67.